The van der Waals surface area contributed by atoms with Crippen molar-refractivity contribution in [3.63, 3.8) is 0 Å². The third-order valence-electron chi connectivity index (χ3n) is 3.32. The summed E-state index contributed by atoms with van der Waals surface area (Å²) in [6.07, 6.45) is 0.754. The zero-order valence-electron chi connectivity index (χ0n) is 12.3. The first kappa shape index (κ1) is 16.1. The minimum Gasteiger partial charge on any atom is -0.379 e. The molecule has 0 saturated heterocycles. The van der Waals surface area contributed by atoms with Crippen molar-refractivity contribution in [1.82, 2.24) is 5.32 Å². The number of benzene rings is 1. The fraction of sp³-hybridized carbons (Fsp3) is 0.600. The maximum atomic E-state index is 13.7. The number of nitrogens with one attached hydrogen (secondary N) is 1. The second kappa shape index (κ2) is 6.44. The van der Waals surface area contributed by atoms with E-state index >= 15 is 0 Å². The van der Waals surface area contributed by atoms with Crippen molar-refractivity contribution in [2.24, 2.45) is 0 Å². The van der Waals surface area contributed by atoms with E-state index in [2.05, 4.69) is 5.32 Å². The molecule has 2 nitrogen and oxygen atoms in total. The summed E-state index contributed by atoms with van der Waals surface area (Å²) in [6, 6.07) is 3.63. The van der Waals surface area contributed by atoms with Gasteiger partial charge in [0.05, 0.1) is 5.60 Å². The lowest BCUT2D eigenvalue weighted by atomic mass is 9.98. The van der Waals surface area contributed by atoms with Gasteiger partial charge in [-0.05, 0) is 46.2 Å². The van der Waals surface area contributed by atoms with Crippen LogP contribution in [0.25, 0.3) is 0 Å². The highest BCUT2D eigenvalue weighted by molar-refractivity contribution is 5.22. The molecule has 0 heterocycles. The van der Waals surface area contributed by atoms with Crippen LogP contribution in [0.3, 0.4) is 0 Å². The molecule has 1 rings (SSSR count). The van der Waals surface area contributed by atoms with Gasteiger partial charge in [0.15, 0.2) is 0 Å². The Balaban J connectivity index is 2.72. The summed E-state index contributed by atoms with van der Waals surface area (Å²) in [6.45, 7) is 7.72. The average molecular weight is 271 g/mol. The summed E-state index contributed by atoms with van der Waals surface area (Å²) in [7, 11) is 1.66. The van der Waals surface area contributed by atoms with Crippen molar-refractivity contribution in [3.8, 4) is 0 Å². The van der Waals surface area contributed by atoms with E-state index < -0.39 is 11.6 Å². The second-order valence-electron chi connectivity index (χ2n) is 5.59. The van der Waals surface area contributed by atoms with Crippen molar-refractivity contribution in [3.05, 3.63) is 35.4 Å². The molecule has 0 fully saturated rings. The molecule has 0 aromatic heterocycles. The number of halogens is 2. The SMILES string of the molecule is COC(C)(C)CC(C)NC(C)c1c(F)cccc1F. The van der Waals surface area contributed by atoms with Crippen LogP contribution < -0.4 is 5.32 Å². The molecule has 0 radical (unpaired) electrons. The number of hydrogen-bond donors (Lipinski definition) is 1. The molecular weight excluding hydrogens is 248 g/mol. The summed E-state index contributed by atoms with van der Waals surface area (Å²) in [4.78, 5) is 0. The van der Waals surface area contributed by atoms with Crippen LogP contribution in [0.2, 0.25) is 0 Å². The Bertz CT molecular complexity index is 400. The fourth-order valence-corrected chi connectivity index (χ4v) is 2.31. The molecule has 19 heavy (non-hydrogen) atoms. The van der Waals surface area contributed by atoms with Gasteiger partial charge in [-0.15, -0.1) is 0 Å². The molecule has 0 amide bonds. The van der Waals surface area contributed by atoms with E-state index in [1.165, 1.54) is 18.2 Å². The number of rotatable bonds is 6. The quantitative estimate of drug-likeness (QED) is 0.849. The Hall–Kier alpha value is -1.00. The second-order valence-corrected chi connectivity index (χ2v) is 5.59. The highest BCUT2D eigenvalue weighted by atomic mass is 19.1. The van der Waals surface area contributed by atoms with Gasteiger partial charge in [-0.1, -0.05) is 6.07 Å². The van der Waals surface area contributed by atoms with E-state index in [0.717, 1.165) is 6.42 Å². The molecule has 1 aromatic carbocycles. The molecule has 0 spiro atoms. The van der Waals surface area contributed by atoms with E-state index in [0.29, 0.717) is 0 Å². The molecule has 4 heteroatoms. The van der Waals surface area contributed by atoms with Crippen LogP contribution in [0.15, 0.2) is 18.2 Å². The van der Waals surface area contributed by atoms with Crippen molar-refractivity contribution >= 4 is 0 Å². The van der Waals surface area contributed by atoms with Gasteiger partial charge < -0.3 is 10.1 Å². The predicted octanol–water partition coefficient (Wildman–Crippen LogP) is 3.82. The highest BCUT2D eigenvalue weighted by Crippen LogP contribution is 2.22. The minimum atomic E-state index is -0.516. The maximum absolute atomic E-state index is 13.7. The molecular formula is C15H23F2NO. The van der Waals surface area contributed by atoms with E-state index in [4.69, 9.17) is 4.74 Å². The van der Waals surface area contributed by atoms with Crippen LogP contribution in [0, 0.1) is 11.6 Å². The smallest absolute Gasteiger partial charge is 0.130 e. The topological polar surface area (TPSA) is 21.3 Å². The predicted molar refractivity (Wildman–Crippen MR) is 73.1 cm³/mol. The third-order valence-corrected chi connectivity index (χ3v) is 3.32. The lowest BCUT2D eigenvalue weighted by molar-refractivity contribution is 0.00777. The molecule has 2 unspecified atom stereocenters. The monoisotopic (exact) mass is 271 g/mol. The van der Waals surface area contributed by atoms with Crippen LogP contribution >= 0.6 is 0 Å². The van der Waals surface area contributed by atoms with Gasteiger partial charge in [0.1, 0.15) is 11.6 Å². The molecule has 1 aromatic rings. The van der Waals surface area contributed by atoms with Gasteiger partial charge in [0.25, 0.3) is 0 Å². The van der Waals surface area contributed by atoms with Crippen LogP contribution in [0.5, 0.6) is 0 Å². The van der Waals surface area contributed by atoms with Gasteiger partial charge in [0.2, 0.25) is 0 Å². The molecule has 0 aliphatic carbocycles. The summed E-state index contributed by atoms with van der Waals surface area (Å²) in [5.41, 5.74) is -0.176. The van der Waals surface area contributed by atoms with Crippen LogP contribution in [0.4, 0.5) is 8.78 Å². The van der Waals surface area contributed by atoms with Gasteiger partial charge in [0, 0.05) is 24.8 Å². The van der Waals surface area contributed by atoms with Crippen molar-refractivity contribution in [2.75, 3.05) is 7.11 Å². The highest BCUT2D eigenvalue weighted by Gasteiger charge is 2.23. The number of methoxy groups -OCH3 is 1. The van der Waals surface area contributed by atoms with E-state index in [9.17, 15) is 8.78 Å². The minimum absolute atomic E-state index is 0.0870. The van der Waals surface area contributed by atoms with E-state index in [1.807, 2.05) is 20.8 Å². The zero-order valence-corrected chi connectivity index (χ0v) is 12.3. The Kier molecular flexibility index (Phi) is 5.44. The lowest BCUT2D eigenvalue weighted by Gasteiger charge is -2.29. The Morgan fingerprint density at radius 2 is 1.74 bits per heavy atom. The largest absolute Gasteiger partial charge is 0.379 e. The summed E-state index contributed by atoms with van der Waals surface area (Å²) >= 11 is 0. The summed E-state index contributed by atoms with van der Waals surface area (Å²) < 4.78 is 32.7. The van der Waals surface area contributed by atoms with Crippen LogP contribution in [-0.2, 0) is 4.74 Å². The molecule has 0 saturated carbocycles. The third kappa shape index (κ3) is 4.55. The van der Waals surface area contributed by atoms with Gasteiger partial charge in [-0.3, -0.25) is 0 Å². The summed E-state index contributed by atoms with van der Waals surface area (Å²) in [5, 5.41) is 3.21. The maximum Gasteiger partial charge on any atom is 0.130 e. The Morgan fingerprint density at radius 1 is 1.21 bits per heavy atom. The normalized spacial score (nSPS) is 15.3. The van der Waals surface area contributed by atoms with Gasteiger partial charge in [-0.2, -0.15) is 0 Å². The zero-order chi connectivity index (χ0) is 14.6. The molecule has 0 aliphatic rings. The molecule has 108 valence electrons. The average Bonchev–Trinajstić information content (AvgIpc) is 2.27. The fourth-order valence-electron chi connectivity index (χ4n) is 2.31. The first-order chi connectivity index (χ1) is 8.76. The van der Waals surface area contributed by atoms with Crippen LogP contribution in [-0.4, -0.2) is 18.8 Å². The summed E-state index contributed by atoms with van der Waals surface area (Å²) in [5.74, 6) is -1.03. The molecule has 0 aliphatic heterocycles. The number of hydrogen-bond acceptors (Lipinski definition) is 2. The molecule has 2 atom stereocenters. The van der Waals surface area contributed by atoms with E-state index in [1.54, 1.807) is 14.0 Å². The Labute approximate surface area is 114 Å². The van der Waals surface area contributed by atoms with Crippen molar-refractivity contribution < 1.29 is 13.5 Å². The first-order valence-corrected chi connectivity index (χ1v) is 6.52. The van der Waals surface area contributed by atoms with Gasteiger partial charge in [-0.25, -0.2) is 8.78 Å². The van der Waals surface area contributed by atoms with E-state index in [-0.39, 0.29) is 23.2 Å². The van der Waals surface area contributed by atoms with Crippen LogP contribution in [0.1, 0.15) is 45.7 Å². The first-order valence-electron chi connectivity index (χ1n) is 6.52. The molecule has 1 N–H and O–H groups in total. The molecule has 0 bridgehead atoms. The van der Waals surface area contributed by atoms with Crippen molar-refractivity contribution in [1.29, 1.82) is 0 Å². The number of ether oxygens (including phenoxy) is 1. The standard InChI is InChI=1S/C15H23F2NO/c1-10(9-15(3,4)19-5)18-11(2)14-12(16)7-6-8-13(14)17/h6-8,10-11,18H,9H2,1-5H3. The van der Waals surface area contributed by atoms with Gasteiger partial charge >= 0.3 is 0 Å². The van der Waals surface area contributed by atoms with Crippen molar-refractivity contribution in [2.45, 2.75) is 51.8 Å². The Morgan fingerprint density at radius 3 is 2.21 bits per heavy atom. The lowest BCUT2D eigenvalue weighted by Crippen LogP contribution is -2.37.